The van der Waals surface area contributed by atoms with Crippen LogP contribution in [0.2, 0.25) is 0 Å². The van der Waals surface area contributed by atoms with Crippen molar-refractivity contribution in [2.45, 2.75) is 6.92 Å². The van der Waals surface area contributed by atoms with Crippen molar-refractivity contribution in [1.82, 2.24) is 4.57 Å². The van der Waals surface area contributed by atoms with Crippen LogP contribution in [-0.2, 0) is 0 Å². The van der Waals surface area contributed by atoms with Gasteiger partial charge in [0.05, 0.1) is 0 Å². The topological polar surface area (TPSA) is 22.0 Å². The molecule has 0 unspecified atom stereocenters. The Morgan fingerprint density at radius 2 is 1.60 bits per heavy atom. The molecule has 3 rings (SSSR count). The highest BCUT2D eigenvalue weighted by atomic mass is 16.1. The van der Waals surface area contributed by atoms with Gasteiger partial charge in [0.15, 0.2) is 5.43 Å². The second kappa shape index (κ2) is 5.17. The van der Waals surface area contributed by atoms with Crippen LogP contribution < -0.4 is 5.43 Å². The molecule has 2 heteroatoms. The Balaban J connectivity index is 2.07. The van der Waals surface area contributed by atoms with Gasteiger partial charge in [0.1, 0.15) is 0 Å². The van der Waals surface area contributed by atoms with Crippen molar-refractivity contribution >= 4 is 0 Å². The third-order valence-electron chi connectivity index (χ3n) is 3.36. The molecule has 2 nitrogen and oxygen atoms in total. The van der Waals surface area contributed by atoms with Gasteiger partial charge in [-0.25, -0.2) is 0 Å². The third-order valence-corrected chi connectivity index (χ3v) is 3.36. The number of pyridine rings is 1. The molecule has 20 heavy (non-hydrogen) atoms. The van der Waals surface area contributed by atoms with E-state index in [9.17, 15) is 4.79 Å². The Morgan fingerprint density at radius 1 is 0.850 bits per heavy atom. The lowest BCUT2D eigenvalue weighted by molar-refractivity contribution is 1.02. The highest BCUT2D eigenvalue weighted by Crippen LogP contribution is 2.21. The second-order valence-electron chi connectivity index (χ2n) is 4.82. The lowest BCUT2D eigenvalue weighted by atomic mass is 10.1. The molecule has 0 aliphatic heterocycles. The lowest BCUT2D eigenvalue weighted by Gasteiger charge is -2.09. The van der Waals surface area contributed by atoms with E-state index >= 15 is 0 Å². The van der Waals surface area contributed by atoms with Gasteiger partial charge in [-0.15, -0.1) is 0 Å². The number of rotatable bonds is 2. The Labute approximate surface area is 118 Å². The van der Waals surface area contributed by atoms with E-state index in [0.29, 0.717) is 0 Å². The first-order chi connectivity index (χ1) is 9.74. The molecule has 0 aliphatic rings. The summed E-state index contributed by atoms with van der Waals surface area (Å²) in [5.41, 5.74) is 4.22. The van der Waals surface area contributed by atoms with Crippen molar-refractivity contribution in [2.75, 3.05) is 0 Å². The minimum atomic E-state index is 0.0699. The highest BCUT2D eigenvalue weighted by molar-refractivity contribution is 5.65. The molecule has 0 N–H and O–H groups in total. The van der Waals surface area contributed by atoms with Crippen LogP contribution in [0.15, 0.2) is 77.9 Å². The first kappa shape index (κ1) is 12.4. The third kappa shape index (κ3) is 2.41. The molecule has 0 spiro atoms. The van der Waals surface area contributed by atoms with E-state index in [0.717, 1.165) is 11.3 Å². The molecule has 0 amide bonds. The van der Waals surface area contributed by atoms with Gasteiger partial charge in [-0.05, 0) is 30.2 Å². The van der Waals surface area contributed by atoms with Crippen LogP contribution in [0.5, 0.6) is 0 Å². The predicted molar refractivity (Wildman–Crippen MR) is 82.2 cm³/mol. The molecule has 98 valence electrons. The van der Waals surface area contributed by atoms with E-state index in [1.807, 2.05) is 48.0 Å². The zero-order valence-electron chi connectivity index (χ0n) is 11.3. The maximum absolute atomic E-state index is 11.5. The minimum absolute atomic E-state index is 0.0699. The molecule has 0 radical (unpaired) electrons. The molecule has 3 aromatic rings. The molecule has 0 aliphatic carbocycles. The van der Waals surface area contributed by atoms with Crippen molar-refractivity contribution in [1.29, 1.82) is 0 Å². The van der Waals surface area contributed by atoms with Crippen molar-refractivity contribution in [3.8, 4) is 16.8 Å². The lowest BCUT2D eigenvalue weighted by Crippen LogP contribution is -2.07. The molecule has 0 bridgehead atoms. The normalized spacial score (nSPS) is 10.4. The van der Waals surface area contributed by atoms with E-state index in [4.69, 9.17) is 0 Å². The van der Waals surface area contributed by atoms with Crippen LogP contribution >= 0.6 is 0 Å². The number of nitrogens with zero attached hydrogens (tertiary/aromatic N) is 1. The van der Waals surface area contributed by atoms with E-state index in [1.165, 1.54) is 11.1 Å². The fourth-order valence-corrected chi connectivity index (χ4v) is 2.23. The number of hydrogen-bond donors (Lipinski definition) is 0. The molecule has 0 atom stereocenters. The van der Waals surface area contributed by atoms with Crippen molar-refractivity contribution in [3.63, 3.8) is 0 Å². The highest BCUT2D eigenvalue weighted by Gasteiger charge is 2.01. The standard InChI is InChI=1S/C18H15NO/c1-14-13-19(11-10-18(14)20)17-9-5-8-16(12-17)15-6-3-2-4-7-15/h2-13H,1H3. The molecule has 0 fully saturated rings. The minimum Gasteiger partial charge on any atom is -0.323 e. The van der Waals surface area contributed by atoms with Crippen LogP contribution in [0.3, 0.4) is 0 Å². The average Bonchev–Trinajstić information content (AvgIpc) is 2.51. The predicted octanol–water partition coefficient (Wildman–Crippen LogP) is 3.81. The van der Waals surface area contributed by atoms with Crippen LogP contribution in [-0.4, -0.2) is 4.57 Å². The largest absolute Gasteiger partial charge is 0.323 e. The second-order valence-corrected chi connectivity index (χ2v) is 4.82. The van der Waals surface area contributed by atoms with Crippen molar-refractivity contribution in [2.24, 2.45) is 0 Å². The zero-order valence-corrected chi connectivity index (χ0v) is 11.3. The molecule has 2 aromatic carbocycles. The summed E-state index contributed by atoms with van der Waals surface area (Å²) in [6.45, 7) is 1.83. The summed E-state index contributed by atoms with van der Waals surface area (Å²) >= 11 is 0. The average molecular weight is 261 g/mol. The smallest absolute Gasteiger partial charge is 0.184 e. The van der Waals surface area contributed by atoms with Crippen LogP contribution in [0.4, 0.5) is 0 Å². The summed E-state index contributed by atoms with van der Waals surface area (Å²) in [7, 11) is 0. The first-order valence-corrected chi connectivity index (χ1v) is 6.59. The van der Waals surface area contributed by atoms with E-state index in [-0.39, 0.29) is 5.43 Å². The molecule has 0 saturated heterocycles. The van der Waals surface area contributed by atoms with Gasteiger partial charge in [0.2, 0.25) is 0 Å². The molecule has 1 aromatic heterocycles. The number of benzene rings is 2. The number of hydrogen-bond acceptors (Lipinski definition) is 1. The summed E-state index contributed by atoms with van der Waals surface area (Å²) < 4.78 is 1.98. The quantitative estimate of drug-likeness (QED) is 0.687. The van der Waals surface area contributed by atoms with E-state index in [1.54, 1.807) is 12.3 Å². The Bertz CT molecular complexity index is 788. The summed E-state index contributed by atoms with van der Waals surface area (Å²) in [6, 6.07) is 20.2. The van der Waals surface area contributed by atoms with Gasteiger partial charge in [0.25, 0.3) is 0 Å². The van der Waals surface area contributed by atoms with Gasteiger partial charge < -0.3 is 4.57 Å². The van der Waals surface area contributed by atoms with E-state index < -0.39 is 0 Å². The Hall–Kier alpha value is -2.61. The molecular weight excluding hydrogens is 246 g/mol. The Kier molecular flexibility index (Phi) is 3.21. The van der Waals surface area contributed by atoms with Crippen LogP contribution in [0.1, 0.15) is 5.56 Å². The van der Waals surface area contributed by atoms with Gasteiger partial charge in [-0.1, -0.05) is 42.5 Å². The monoisotopic (exact) mass is 261 g/mol. The fraction of sp³-hybridized carbons (Fsp3) is 0.0556. The van der Waals surface area contributed by atoms with Gasteiger partial charge in [-0.2, -0.15) is 0 Å². The summed E-state index contributed by atoms with van der Waals surface area (Å²) in [5.74, 6) is 0. The summed E-state index contributed by atoms with van der Waals surface area (Å²) in [6.07, 6.45) is 3.67. The van der Waals surface area contributed by atoms with Crippen LogP contribution in [0.25, 0.3) is 16.8 Å². The number of aryl methyl sites for hydroxylation is 1. The molecule has 0 saturated carbocycles. The number of aromatic nitrogens is 1. The van der Waals surface area contributed by atoms with Gasteiger partial charge >= 0.3 is 0 Å². The van der Waals surface area contributed by atoms with Gasteiger partial charge in [-0.3, -0.25) is 4.79 Å². The Morgan fingerprint density at radius 3 is 2.35 bits per heavy atom. The maximum Gasteiger partial charge on any atom is 0.184 e. The maximum atomic E-state index is 11.5. The van der Waals surface area contributed by atoms with Gasteiger partial charge in [0, 0.05) is 29.7 Å². The fourth-order valence-electron chi connectivity index (χ4n) is 2.23. The molecular formula is C18H15NO. The summed E-state index contributed by atoms with van der Waals surface area (Å²) in [4.78, 5) is 11.5. The summed E-state index contributed by atoms with van der Waals surface area (Å²) in [5, 5.41) is 0. The SMILES string of the molecule is Cc1cn(-c2cccc(-c3ccccc3)c2)ccc1=O. The van der Waals surface area contributed by atoms with E-state index in [2.05, 4.69) is 24.3 Å². The van der Waals surface area contributed by atoms with Crippen molar-refractivity contribution < 1.29 is 0 Å². The zero-order chi connectivity index (χ0) is 13.9. The van der Waals surface area contributed by atoms with Crippen molar-refractivity contribution in [3.05, 3.63) is 88.8 Å². The first-order valence-electron chi connectivity index (χ1n) is 6.59. The van der Waals surface area contributed by atoms with Crippen LogP contribution in [0, 0.1) is 6.92 Å². The molecule has 1 heterocycles.